The van der Waals surface area contributed by atoms with Gasteiger partial charge in [0, 0.05) is 16.8 Å². The van der Waals surface area contributed by atoms with E-state index >= 15 is 0 Å². The lowest BCUT2D eigenvalue weighted by molar-refractivity contribution is -0.123. The van der Waals surface area contributed by atoms with Crippen molar-refractivity contribution in [1.29, 1.82) is 0 Å². The second-order valence-electron chi connectivity index (χ2n) is 7.23. The molecular weight excluding hydrogens is 343 g/mol. The van der Waals surface area contributed by atoms with E-state index in [2.05, 4.69) is 11.9 Å². The molecule has 27 heavy (non-hydrogen) atoms. The molecule has 2 aromatic rings. The third kappa shape index (κ3) is 3.03. The number of hydrogen-bond acceptors (Lipinski definition) is 2. The summed E-state index contributed by atoms with van der Waals surface area (Å²) in [7, 11) is 0. The lowest BCUT2D eigenvalue weighted by Crippen LogP contribution is -2.47. The minimum absolute atomic E-state index is 0.0741. The second-order valence-corrected chi connectivity index (χ2v) is 7.23. The molecule has 0 spiro atoms. The van der Waals surface area contributed by atoms with Crippen LogP contribution in [0.5, 0.6) is 0 Å². The Kier molecular flexibility index (Phi) is 4.30. The zero-order valence-electron chi connectivity index (χ0n) is 15.0. The van der Waals surface area contributed by atoms with Gasteiger partial charge in [0.2, 0.25) is 5.91 Å². The summed E-state index contributed by atoms with van der Waals surface area (Å²) in [6, 6.07) is 13.5. The summed E-state index contributed by atoms with van der Waals surface area (Å²) in [6.07, 6.45) is 3.61. The van der Waals surface area contributed by atoms with Gasteiger partial charge in [-0.25, -0.2) is 4.39 Å². The quantitative estimate of drug-likeness (QED) is 0.896. The molecule has 0 radical (unpaired) electrons. The van der Waals surface area contributed by atoms with Crippen molar-refractivity contribution >= 4 is 17.5 Å². The van der Waals surface area contributed by atoms with Gasteiger partial charge in [-0.2, -0.15) is 0 Å². The lowest BCUT2D eigenvalue weighted by Gasteiger charge is -2.32. The monoisotopic (exact) mass is 364 g/mol. The molecule has 0 aromatic heterocycles. The van der Waals surface area contributed by atoms with Crippen LogP contribution in [-0.4, -0.2) is 23.3 Å². The van der Waals surface area contributed by atoms with Crippen molar-refractivity contribution < 1.29 is 14.0 Å². The maximum atomic E-state index is 13.3. The van der Waals surface area contributed by atoms with E-state index in [1.165, 1.54) is 17.0 Å². The molecule has 0 saturated heterocycles. The third-order valence-corrected chi connectivity index (χ3v) is 5.57. The van der Waals surface area contributed by atoms with Crippen molar-refractivity contribution in [3.63, 3.8) is 0 Å². The molecule has 4 rings (SSSR count). The smallest absolute Gasteiger partial charge is 0.259 e. The van der Waals surface area contributed by atoms with E-state index in [4.69, 9.17) is 0 Å². The highest BCUT2D eigenvalue weighted by molar-refractivity contribution is 6.10. The number of amides is 2. The van der Waals surface area contributed by atoms with Gasteiger partial charge in [-0.15, -0.1) is 0 Å². The molecule has 2 aliphatic rings. The number of hydrogen-bond donors (Lipinski definition) is 1. The highest BCUT2D eigenvalue weighted by Crippen LogP contribution is 2.39. The fourth-order valence-electron chi connectivity index (χ4n) is 4.19. The van der Waals surface area contributed by atoms with Crippen LogP contribution in [0.25, 0.3) is 5.70 Å². The predicted molar refractivity (Wildman–Crippen MR) is 101 cm³/mol. The molecule has 1 aliphatic heterocycles. The van der Waals surface area contributed by atoms with Crippen LogP contribution in [0.3, 0.4) is 0 Å². The Bertz CT molecular complexity index is 879. The molecule has 5 heteroatoms. The summed E-state index contributed by atoms with van der Waals surface area (Å²) in [5, 5.41) is 3.13. The first kappa shape index (κ1) is 17.5. The number of fused-ring (bicyclic) bond motifs is 1. The Balaban J connectivity index is 1.53. The van der Waals surface area contributed by atoms with Crippen molar-refractivity contribution in [2.75, 3.05) is 6.54 Å². The standard InChI is InChI=1S/C22H21FN2O2/c1-15-18-6-2-3-7-19(18)21(27)25(15)14-20(26)24-22(12-4-5-13-22)16-8-10-17(23)11-9-16/h2-3,6-11H,1,4-5,12-14H2,(H,24,26). The minimum atomic E-state index is -0.498. The molecule has 4 nitrogen and oxygen atoms in total. The molecule has 0 bridgehead atoms. The Labute approximate surface area is 157 Å². The Morgan fingerprint density at radius 3 is 2.33 bits per heavy atom. The van der Waals surface area contributed by atoms with Crippen molar-refractivity contribution in [2.45, 2.75) is 31.2 Å². The van der Waals surface area contributed by atoms with Gasteiger partial charge in [0.1, 0.15) is 12.4 Å². The van der Waals surface area contributed by atoms with Crippen LogP contribution in [0.2, 0.25) is 0 Å². The van der Waals surface area contributed by atoms with Gasteiger partial charge in [0.25, 0.3) is 5.91 Å². The summed E-state index contributed by atoms with van der Waals surface area (Å²) in [5.74, 6) is -0.730. The molecule has 0 unspecified atom stereocenters. The van der Waals surface area contributed by atoms with Crippen LogP contribution < -0.4 is 5.32 Å². The van der Waals surface area contributed by atoms with Crippen molar-refractivity contribution in [1.82, 2.24) is 10.2 Å². The molecular formula is C22H21FN2O2. The normalized spacial score (nSPS) is 17.9. The largest absolute Gasteiger partial charge is 0.345 e. The Hall–Kier alpha value is -2.95. The maximum absolute atomic E-state index is 13.3. The topological polar surface area (TPSA) is 49.4 Å². The number of carbonyl (C=O) groups is 2. The average Bonchev–Trinajstić information content (AvgIpc) is 3.23. The summed E-state index contributed by atoms with van der Waals surface area (Å²) in [6.45, 7) is 3.91. The van der Waals surface area contributed by atoms with E-state index in [1.54, 1.807) is 24.3 Å². The molecule has 1 N–H and O–H groups in total. The van der Waals surface area contributed by atoms with E-state index in [-0.39, 0.29) is 24.2 Å². The van der Waals surface area contributed by atoms with Crippen LogP contribution in [-0.2, 0) is 10.3 Å². The van der Waals surface area contributed by atoms with Crippen molar-refractivity contribution in [3.05, 3.63) is 77.6 Å². The van der Waals surface area contributed by atoms with Crippen LogP contribution in [0, 0.1) is 5.82 Å². The number of nitrogens with zero attached hydrogens (tertiary/aromatic N) is 1. The molecule has 1 fully saturated rings. The molecule has 1 saturated carbocycles. The van der Waals surface area contributed by atoms with E-state index in [0.717, 1.165) is 36.8 Å². The summed E-state index contributed by atoms with van der Waals surface area (Å²) in [5.41, 5.74) is 2.30. The second kappa shape index (κ2) is 6.65. The van der Waals surface area contributed by atoms with Crippen LogP contribution in [0.1, 0.15) is 47.2 Å². The first-order chi connectivity index (χ1) is 13.0. The number of benzene rings is 2. The first-order valence-corrected chi connectivity index (χ1v) is 9.17. The van der Waals surface area contributed by atoms with Crippen molar-refractivity contribution in [3.8, 4) is 0 Å². The van der Waals surface area contributed by atoms with Crippen LogP contribution >= 0.6 is 0 Å². The third-order valence-electron chi connectivity index (χ3n) is 5.57. The predicted octanol–water partition coefficient (Wildman–Crippen LogP) is 3.84. The molecule has 1 heterocycles. The molecule has 2 aromatic carbocycles. The van der Waals surface area contributed by atoms with E-state index in [1.807, 2.05) is 12.1 Å². The van der Waals surface area contributed by atoms with Gasteiger partial charge < -0.3 is 5.32 Å². The fraction of sp³-hybridized carbons (Fsp3) is 0.273. The Morgan fingerprint density at radius 2 is 1.70 bits per heavy atom. The SMILES string of the molecule is C=C1c2ccccc2C(=O)N1CC(=O)NC1(c2ccc(F)cc2)CCCC1. The maximum Gasteiger partial charge on any atom is 0.259 e. The number of carbonyl (C=O) groups excluding carboxylic acids is 2. The Morgan fingerprint density at radius 1 is 1.07 bits per heavy atom. The summed E-state index contributed by atoms with van der Waals surface area (Å²) >= 11 is 0. The van der Waals surface area contributed by atoms with Gasteiger partial charge in [-0.05, 0) is 36.6 Å². The van der Waals surface area contributed by atoms with Gasteiger partial charge in [-0.1, -0.05) is 49.8 Å². The van der Waals surface area contributed by atoms with Gasteiger partial charge >= 0.3 is 0 Å². The number of nitrogens with one attached hydrogen (secondary N) is 1. The first-order valence-electron chi connectivity index (χ1n) is 9.17. The summed E-state index contributed by atoms with van der Waals surface area (Å²) < 4.78 is 13.3. The molecule has 1 aliphatic carbocycles. The average molecular weight is 364 g/mol. The van der Waals surface area contributed by atoms with Crippen molar-refractivity contribution in [2.24, 2.45) is 0 Å². The molecule has 138 valence electrons. The van der Waals surface area contributed by atoms with E-state index in [9.17, 15) is 14.0 Å². The lowest BCUT2D eigenvalue weighted by atomic mass is 9.88. The van der Waals surface area contributed by atoms with E-state index < -0.39 is 5.54 Å². The van der Waals surface area contributed by atoms with Crippen LogP contribution in [0.4, 0.5) is 4.39 Å². The zero-order valence-corrected chi connectivity index (χ0v) is 15.0. The molecule has 0 atom stereocenters. The fourth-order valence-corrected chi connectivity index (χ4v) is 4.19. The zero-order chi connectivity index (χ0) is 19.0. The van der Waals surface area contributed by atoms with Gasteiger partial charge in [0.05, 0.1) is 5.54 Å². The van der Waals surface area contributed by atoms with Crippen LogP contribution in [0.15, 0.2) is 55.1 Å². The number of rotatable bonds is 4. The molecule has 2 amide bonds. The highest BCUT2D eigenvalue weighted by Gasteiger charge is 2.38. The van der Waals surface area contributed by atoms with Gasteiger partial charge in [-0.3, -0.25) is 14.5 Å². The summed E-state index contributed by atoms with van der Waals surface area (Å²) in [4.78, 5) is 26.9. The number of halogens is 1. The van der Waals surface area contributed by atoms with Gasteiger partial charge in [0.15, 0.2) is 0 Å². The minimum Gasteiger partial charge on any atom is -0.345 e. The highest BCUT2D eigenvalue weighted by atomic mass is 19.1. The van der Waals surface area contributed by atoms with E-state index in [0.29, 0.717) is 11.3 Å².